The molecule has 5 heteroatoms. The topological polar surface area (TPSA) is 63.8 Å². The van der Waals surface area contributed by atoms with Crippen molar-refractivity contribution in [2.45, 2.75) is 30.6 Å². The fraction of sp³-hybridized carbons (Fsp3) is 0.600. The number of nitrogens with two attached hydrogens (primary N) is 1. The Morgan fingerprint density at radius 2 is 2.27 bits per heavy atom. The molecule has 2 rings (SSSR count). The zero-order chi connectivity index (χ0) is 10.7. The largest absolute Gasteiger partial charge is 0.271 e. The summed E-state index contributed by atoms with van der Waals surface area (Å²) in [7, 11) is 0. The Kier molecular flexibility index (Phi) is 3.23. The van der Waals surface area contributed by atoms with Gasteiger partial charge in [0.2, 0.25) is 0 Å². The van der Waals surface area contributed by atoms with Gasteiger partial charge in [-0.15, -0.1) is 0 Å². The molecule has 2 unspecified atom stereocenters. The van der Waals surface area contributed by atoms with Crippen LogP contribution < -0.4 is 11.3 Å². The average molecular weight is 224 g/mol. The maximum Gasteiger partial charge on any atom is 0.115 e. The number of hydrogen-bond acceptors (Lipinski definition) is 5. The fourth-order valence-corrected chi connectivity index (χ4v) is 3.53. The molecule has 1 aliphatic heterocycles. The number of hydrogen-bond donors (Lipinski definition) is 2. The Morgan fingerprint density at radius 3 is 2.80 bits per heavy atom. The van der Waals surface area contributed by atoms with E-state index in [1.54, 1.807) is 6.33 Å². The lowest BCUT2D eigenvalue weighted by atomic mass is 9.92. The first-order chi connectivity index (χ1) is 7.26. The second kappa shape index (κ2) is 4.47. The molecule has 1 saturated heterocycles. The highest BCUT2D eigenvalue weighted by atomic mass is 32.2. The van der Waals surface area contributed by atoms with Gasteiger partial charge < -0.3 is 0 Å². The van der Waals surface area contributed by atoms with E-state index in [0.29, 0.717) is 0 Å². The number of aromatic nitrogens is 2. The summed E-state index contributed by atoms with van der Waals surface area (Å²) in [6, 6.07) is 0.131. The maximum atomic E-state index is 5.65. The van der Waals surface area contributed by atoms with Crippen LogP contribution in [-0.2, 0) is 0 Å². The van der Waals surface area contributed by atoms with E-state index in [-0.39, 0.29) is 10.8 Å². The van der Waals surface area contributed by atoms with Crippen molar-refractivity contribution in [3.8, 4) is 0 Å². The van der Waals surface area contributed by atoms with Crippen molar-refractivity contribution in [2.24, 2.45) is 5.84 Å². The molecular formula is C10H16N4S. The number of hydrazine groups is 1. The normalized spacial score (nSPS) is 27.9. The molecule has 15 heavy (non-hydrogen) atoms. The van der Waals surface area contributed by atoms with Crippen LogP contribution in [-0.4, -0.2) is 20.5 Å². The van der Waals surface area contributed by atoms with Crippen LogP contribution in [0.25, 0.3) is 0 Å². The molecule has 4 nitrogen and oxygen atoms in total. The van der Waals surface area contributed by atoms with Gasteiger partial charge in [0.05, 0.1) is 6.04 Å². The first kappa shape index (κ1) is 10.9. The molecule has 0 amide bonds. The van der Waals surface area contributed by atoms with E-state index >= 15 is 0 Å². The summed E-state index contributed by atoms with van der Waals surface area (Å²) in [5, 5.41) is 0. The minimum Gasteiger partial charge on any atom is -0.271 e. The Bertz CT molecular complexity index is 310. The third-order valence-electron chi connectivity index (χ3n) is 2.94. The quantitative estimate of drug-likeness (QED) is 0.598. The van der Waals surface area contributed by atoms with E-state index in [9.17, 15) is 0 Å². The Hall–Kier alpha value is -0.650. The van der Waals surface area contributed by atoms with Crippen LogP contribution in [0.4, 0.5) is 0 Å². The molecule has 0 aromatic carbocycles. The number of nitrogens with one attached hydrogen (secondary N) is 1. The van der Waals surface area contributed by atoms with Crippen molar-refractivity contribution in [1.29, 1.82) is 0 Å². The van der Waals surface area contributed by atoms with Crippen LogP contribution in [0, 0.1) is 0 Å². The molecule has 0 saturated carbocycles. The molecular weight excluding hydrogens is 208 g/mol. The third-order valence-corrected chi connectivity index (χ3v) is 4.53. The SMILES string of the molecule is CC1(C(NN)c2cncnc2)CCCS1. The predicted molar refractivity (Wildman–Crippen MR) is 62.2 cm³/mol. The van der Waals surface area contributed by atoms with Gasteiger partial charge in [-0.05, 0) is 25.5 Å². The predicted octanol–water partition coefficient (Wildman–Crippen LogP) is 1.27. The van der Waals surface area contributed by atoms with Crippen molar-refractivity contribution in [1.82, 2.24) is 15.4 Å². The molecule has 2 heterocycles. The standard InChI is InChI=1S/C10H16N4S/c1-10(3-2-4-15-10)9(14-11)8-5-12-7-13-6-8/h5-7,9,14H,2-4,11H2,1H3. The van der Waals surface area contributed by atoms with Gasteiger partial charge in [-0.2, -0.15) is 11.8 Å². The molecule has 3 N–H and O–H groups in total. The van der Waals surface area contributed by atoms with Gasteiger partial charge in [0.1, 0.15) is 6.33 Å². The van der Waals surface area contributed by atoms with E-state index in [4.69, 9.17) is 5.84 Å². The number of nitrogens with zero attached hydrogens (tertiary/aromatic N) is 2. The molecule has 82 valence electrons. The summed E-state index contributed by atoms with van der Waals surface area (Å²) in [6.45, 7) is 2.25. The number of thioether (sulfide) groups is 1. The lowest BCUT2D eigenvalue weighted by Crippen LogP contribution is -2.41. The minimum absolute atomic E-state index is 0.131. The van der Waals surface area contributed by atoms with Gasteiger partial charge in [0, 0.05) is 22.7 Å². The van der Waals surface area contributed by atoms with Crippen molar-refractivity contribution in [3.05, 3.63) is 24.3 Å². The average Bonchev–Trinajstić information content (AvgIpc) is 2.68. The van der Waals surface area contributed by atoms with E-state index in [1.165, 1.54) is 18.6 Å². The van der Waals surface area contributed by atoms with Crippen LogP contribution in [0.15, 0.2) is 18.7 Å². The number of rotatable bonds is 3. The van der Waals surface area contributed by atoms with Crippen LogP contribution in [0.1, 0.15) is 31.4 Å². The van der Waals surface area contributed by atoms with Crippen LogP contribution in [0.3, 0.4) is 0 Å². The zero-order valence-electron chi connectivity index (χ0n) is 8.81. The van der Waals surface area contributed by atoms with Gasteiger partial charge in [0.25, 0.3) is 0 Å². The fourth-order valence-electron chi connectivity index (χ4n) is 2.11. The summed E-state index contributed by atoms with van der Waals surface area (Å²) in [5.74, 6) is 6.86. The molecule has 0 spiro atoms. The Labute approximate surface area is 94.0 Å². The van der Waals surface area contributed by atoms with Gasteiger partial charge in [-0.25, -0.2) is 9.97 Å². The van der Waals surface area contributed by atoms with Crippen LogP contribution in [0.5, 0.6) is 0 Å². The summed E-state index contributed by atoms with van der Waals surface area (Å²) < 4.78 is 0.166. The lowest BCUT2D eigenvalue weighted by molar-refractivity contribution is 0.419. The second-order valence-electron chi connectivity index (χ2n) is 4.04. The summed E-state index contributed by atoms with van der Waals surface area (Å²) in [6.07, 6.45) is 7.65. The summed E-state index contributed by atoms with van der Waals surface area (Å²) in [4.78, 5) is 8.08. The highest BCUT2D eigenvalue weighted by Gasteiger charge is 2.38. The Balaban J connectivity index is 2.24. The van der Waals surface area contributed by atoms with Gasteiger partial charge >= 0.3 is 0 Å². The van der Waals surface area contributed by atoms with Crippen molar-refractivity contribution in [2.75, 3.05) is 5.75 Å². The van der Waals surface area contributed by atoms with Gasteiger partial charge in [0.15, 0.2) is 0 Å². The first-order valence-corrected chi connectivity index (χ1v) is 6.10. The van der Waals surface area contributed by atoms with E-state index in [0.717, 1.165) is 5.56 Å². The second-order valence-corrected chi connectivity index (χ2v) is 5.67. The van der Waals surface area contributed by atoms with Crippen LogP contribution in [0.2, 0.25) is 0 Å². The van der Waals surface area contributed by atoms with Crippen LogP contribution >= 0.6 is 11.8 Å². The van der Waals surface area contributed by atoms with E-state index < -0.39 is 0 Å². The first-order valence-electron chi connectivity index (χ1n) is 5.11. The van der Waals surface area contributed by atoms with Crippen molar-refractivity contribution < 1.29 is 0 Å². The molecule has 0 bridgehead atoms. The van der Waals surface area contributed by atoms with Gasteiger partial charge in [-0.1, -0.05) is 0 Å². The zero-order valence-corrected chi connectivity index (χ0v) is 9.63. The highest BCUT2D eigenvalue weighted by Crippen LogP contribution is 2.45. The monoisotopic (exact) mass is 224 g/mol. The van der Waals surface area contributed by atoms with Crippen molar-refractivity contribution in [3.63, 3.8) is 0 Å². The van der Waals surface area contributed by atoms with E-state index in [2.05, 4.69) is 22.3 Å². The molecule has 0 aliphatic carbocycles. The minimum atomic E-state index is 0.131. The molecule has 1 aromatic rings. The smallest absolute Gasteiger partial charge is 0.115 e. The highest BCUT2D eigenvalue weighted by molar-refractivity contribution is 8.00. The lowest BCUT2D eigenvalue weighted by Gasteiger charge is -2.32. The molecule has 1 fully saturated rings. The van der Waals surface area contributed by atoms with E-state index in [1.807, 2.05) is 24.2 Å². The summed E-state index contributed by atoms with van der Waals surface area (Å²) in [5.41, 5.74) is 3.97. The third kappa shape index (κ3) is 2.14. The Morgan fingerprint density at radius 1 is 1.53 bits per heavy atom. The molecule has 2 atom stereocenters. The van der Waals surface area contributed by atoms with Crippen molar-refractivity contribution >= 4 is 11.8 Å². The molecule has 1 aromatic heterocycles. The maximum absolute atomic E-state index is 5.65. The van der Waals surface area contributed by atoms with Gasteiger partial charge in [-0.3, -0.25) is 11.3 Å². The molecule has 1 aliphatic rings. The summed E-state index contributed by atoms with van der Waals surface area (Å²) >= 11 is 1.97. The molecule has 0 radical (unpaired) electrons.